The van der Waals surface area contributed by atoms with E-state index in [1.807, 2.05) is 12.1 Å². The van der Waals surface area contributed by atoms with E-state index in [1.165, 1.54) is 5.56 Å². The summed E-state index contributed by atoms with van der Waals surface area (Å²) in [5.74, 6) is 0.880. The predicted molar refractivity (Wildman–Crippen MR) is 63.1 cm³/mol. The molecule has 0 amide bonds. The Kier molecular flexibility index (Phi) is 5.15. The number of rotatable bonds is 6. The lowest BCUT2D eigenvalue weighted by molar-refractivity contribution is 0.414. The topological polar surface area (TPSA) is 47.3 Å². The molecule has 0 spiro atoms. The average molecular weight is 208 g/mol. The van der Waals surface area contributed by atoms with Crippen LogP contribution in [-0.2, 0) is 0 Å². The summed E-state index contributed by atoms with van der Waals surface area (Å²) >= 11 is 0. The monoisotopic (exact) mass is 208 g/mol. The number of hydrogen-bond donors (Lipinski definition) is 2. The molecule has 0 radical (unpaired) electrons. The van der Waals surface area contributed by atoms with Crippen LogP contribution in [0.15, 0.2) is 24.3 Å². The first-order valence-electron chi connectivity index (χ1n) is 5.39. The van der Waals surface area contributed by atoms with E-state index in [0.29, 0.717) is 6.54 Å². The van der Waals surface area contributed by atoms with Gasteiger partial charge < -0.3 is 15.8 Å². The highest BCUT2D eigenvalue weighted by molar-refractivity contribution is 5.29. The van der Waals surface area contributed by atoms with E-state index in [4.69, 9.17) is 10.5 Å². The summed E-state index contributed by atoms with van der Waals surface area (Å²) in [7, 11) is 1.67. The van der Waals surface area contributed by atoms with Gasteiger partial charge in [0.15, 0.2) is 0 Å². The first-order valence-corrected chi connectivity index (χ1v) is 5.39. The molecule has 3 heteroatoms. The van der Waals surface area contributed by atoms with Gasteiger partial charge in [-0.25, -0.2) is 0 Å². The zero-order valence-corrected chi connectivity index (χ0v) is 9.49. The van der Waals surface area contributed by atoms with Crippen LogP contribution in [0.4, 0.5) is 0 Å². The minimum absolute atomic E-state index is 0.246. The average Bonchev–Trinajstić information content (AvgIpc) is 2.31. The normalized spacial score (nSPS) is 12.5. The molecule has 3 N–H and O–H groups in total. The van der Waals surface area contributed by atoms with Crippen LogP contribution in [0.1, 0.15) is 24.9 Å². The molecular formula is C12H20N2O. The number of nitrogens with two attached hydrogens (primary N) is 1. The SMILES string of the molecule is CCCNC(CN)c1ccc(OC)cc1. The van der Waals surface area contributed by atoms with Crippen LogP contribution in [0.25, 0.3) is 0 Å². The van der Waals surface area contributed by atoms with Crippen LogP contribution in [0.3, 0.4) is 0 Å². The smallest absolute Gasteiger partial charge is 0.118 e. The number of benzene rings is 1. The molecule has 0 saturated heterocycles. The zero-order valence-electron chi connectivity index (χ0n) is 9.49. The summed E-state index contributed by atoms with van der Waals surface area (Å²) in [5, 5.41) is 3.41. The van der Waals surface area contributed by atoms with Crippen molar-refractivity contribution in [2.75, 3.05) is 20.2 Å². The second-order valence-corrected chi connectivity index (χ2v) is 3.52. The lowest BCUT2D eigenvalue weighted by Crippen LogP contribution is -2.28. The molecule has 0 aliphatic heterocycles. The standard InChI is InChI=1S/C12H20N2O/c1-3-8-14-12(9-13)10-4-6-11(15-2)7-5-10/h4-7,12,14H,3,8-9,13H2,1-2H3. The molecule has 1 atom stereocenters. The number of ether oxygens (including phenoxy) is 1. The molecule has 1 aromatic rings. The van der Waals surface area contributed by atoms with Gasteiger partial charge in [0.2, 0.25) is 0 Å². The van der Waals surface area contributed by atoms with Gasteiger partial charge in [0.1, 0.15) is 5.75 Å². The molecule has 3 nitrogen and oxygen atoms in total. The fourth-order valence-corrected chi connectivity index (χ4v) is 1.49. The van der Waals surface area contributed by atoms with Crippen LogP contribution < -0.4 is 15.8 Å². The second-order valence-electron chi connectivity index (χ2n) is 3.52. The maximum Gasteiger partial charge on any atom is 0.118 e. The molecular weight excluding hydrogens is 188 g/mol. The van der Waals surface area contributed by atoms with E-state index in [2.05, 4.69) is 24.4 Å². The molecule has 0 heterocycles. The molecule has 1 unspecified atom stereocenters. The Hall–Kier alpha value is -1.06. The van der Waals surface area contributed by atoms with Crippen molar-refractivity contribution >= 4 is 0 Å². The van der Waals surface area contributed by atoms with Crippen LogP contribution in [-0.4, -0.2) is 20.2 Å². The van der Waals surface area contributed by atoms with Gasteiger partial charge in [-0.15, -0.1) is 0 Å². The van der Waals surface area contributed by atoms with E-state index >= 15 is 0 Å². The largest absolute Gasteiger partial charge is 0.497 e. The van der Waals surface area contributed by atoms with Gasteiger partial charge >= 0.3 is 0 Å². The van der Waals surface area contributed by atoms with Gasteiger partial charge in [0.05, 0.1) is 7.11 Å². The van der Waals surface area contributed by atoms with E-state index in [9.17, 15) is 0 Å². The summed E-state index contributed by atoms with van der Waals surface area (Å²) in [6.45, 7) is 3.76. The van der Waals surface area contributed by atoms with E-state index in [1.54, 1.807) is 7.11 Å². The van der Waals surface area contributed by atoms with Crippen LogP contribution in [0.2, 0.25) is 0 Å². The lowest BCUT2D eigenvalue weighted by atomic mass is 10.1. The second kappa shape index (κ2) is 6.43. The highest BCUT2D eigenvalue weighted by Crippen LogP contribution is 2.16. The molecule has 1 aromatic carbocycles. The van der Waals surface area contributed by atoms with Crippen LogP contribution in [0, 0.1) is 0 Å². The third-order valence-corrected chi connectivity index (χ3v) is 2.39. The molecule has 0 bridgehead atoms. The Morgan fingerprint density at radius 3 is 2.47 bits per heavy atom. The van der Waals surface area contributed by atoms with Crippen molar-refractivity contribution in [3.8, 4) is 5.75 Å². The third kappa shape index (κ3) is 3.53. The van der Waals surface area contributed by atoms with Crippen LogP contribution in [0.5, 0.6) is 5.75 Å². The Bertz CT molecular complexity index is 271. The number of nitrogens with one attached hydrogen (secondary N) is 1. The zero-order chi connectivity index (χ0) is 11.1. The Balaban J connectivity index is 2.65. The first-order chi connectivity index (χ1) is 7.31. The minimum Gasteiger partial charge on any atom is -0.497 e. The molecule has 0 aliphatic rings. The van der Waals surface area contributed by atoms with Crippen molar-refractivity contribution in [3.05, 3.63) is 29.8 Å². The first kappa shape index (κ1) is 12.0. The van der Waals surface area contributed by atoms with E-state index in [0.717, 1.165) is 18.7 Å². The van der Waals surface area contributed by atoms with Crippen molar-refractivity contribution < 1.29 is 4.74 Å². The Labute approximate surface area is 91.6 Å². The van der Waals surface area contributed by atoms with Crippen molar-refractivity contribution in [2.45, 2.75) is 19.4 Å². The molecule has 0 saturated carbocycles. The van der Waals surface area contributed by atoms with Gasteiger partial charge in [-0.1, -0.05) is 19.1 Å². The van der Waals surface area contributed by atoms with Gasteiger partial charge in [-0.3, -0.25) is 0 Å². The maximum absolute atomic E-state index is 5.72. The quantitative estimate of drug-likeness (QED) is 0.748. The molecule has 15 heavy (non-hydrogen) atoms. The van der Waals surface area contributed by atoms with Gasteiger partial charge in [0, 0.05) is 12.6 Å². The van der Waals surface area contributed by atoms with Gasteiger partial charge in [0.25, 0.3) is 0 Å². The summed E-state index contributed by atoms with van der Waals surface area (Å²) in [4.78, 5) is 0. The summed E-state index contributed by atoms with van der Waals surface area (Å²) < 4.78 is 5.11. The molecule has 0 aliphatic carbocycles. The van der Waals surface area contributed by atoms with Crippen molar-refractivity contribution in [3.63, 3.8) is 0 Å². The van der Waals surface area contributed by atoms with Crippen molar-refractivity contribution in [1.29, 1.82) is 0 Å². The summed E-state index contributed by atoms with van der Waals surface area (Å²) in [6, 6.07) is 8.28. The van der Waals surface area contributed by atoms with Gasteiger partial charge in [-0.05, 0) is 30.7 Å². The highest BCUT2D eigenvalue weighted by atomic mass is 16.5. The minimum atomic E-state index is 0.246. The van der Waals surface area contributed by atoms with E-state index in [-0.39, 0.29) is 6.04 Å². The maximum atomic E-state index is 5.72. The summed E-state index contributed by atoms with van der Waals surface area (Å²) in [5.41, 5.74) is 6.94. The lowest BCUT2D eigenvalue weighted by Gasteiger charge is -2.17. The van der Waals surface area contributed by atoms with Gasteiger partial charge in [-0.2, -0.15) is 0 Å². The number of hydrogen-bond acceptors (Lipinski definition) is 3. The Morgan fingerprint density at radius 1 is 1.33 bits per heavy atom. The Morgan fingerprint density at radius 2 is 2.00 bits per heavy atom. The summed E-state index contributed by atoms with van der Waals surface area (Å²) in [6.07, 6.45) is 1.12. The highest BCUT2D eigenvalue weighted by Gasteiger charge is 2.07. The third-order valence-electron chi connectivity index (χ3n) is 2.39. The fraction of sp³-hybridized carbons (Fsp3) is 0.500. The molecule has 1 rings (SSSR count). The molecule has 84 valence electrons. The molecule has 0 aromatic heterocycles. The predicted octanol–water partition coefficient (Wildman–Crippen LogP) is 1.69. The van der Waals surface area contributed by atoms with E-state index < -0.39 is 0 Å². The van der Waals surface area contributed by atoms with Crippen molar-refractivity contribution in [1.82, 2.24) is 5.32 Å². The van der Waals surface area contributed by atoms with Crippen molar-refractivity contribution in [2.24, 2.45) is 5.73 Å². The molecule has 0 fully saturated rings. The fourth-order valence-electron chi connectivity index (χ4n) is 1.49. The van der Waals surface area contributed by atoms with Crippen LogP contribution >= 0.6 is 0 Å². The number of methoxy groups -OCH3 is 1.